The molecule has 0 unspecified atom stereocenters. The van der Waals surface area contributed by atoms with E-state index in [1.807, 2.05) is 18.2 Å². The molecule has 0 aliphatic carbocycles. The molecule has 5 rings (SSSR count). The van der Waals surface area contributed by atoms with Crippen LogP contribution in [0.4, 0.5) is 0 Å². The number of piperidine rings is 1. The molecule has 10 heteroatoms. The van der Waals surface area contributed by atoms with Gasteiger partial charge < -0.3 is 24.1 Å². The number of ether oxygens (including phenoxy) is 3. The van der Waals surface area contributed by atoms with Crippen molar-refractivity contribution < 1.29 is 23.5 Å². The molecule has 2 aliphatic heterocycles. The molecule has 10 nitrogen and oxygen atoms in total. The predicted molar refractivity (Wildman–Crippen MR) is 145 cm³/mol. The summed E-state index contributed by atoms with van der Waals surface area (Å²) >= 11 is 0. The minimum absolute atomic E-state index is 0.0165. The highest BCUT2D eigenvalue weighted by molar-refractivity contribution is 5.78. The van der Waals surface area contributed by atoms with E-state index in [4.69, 9.17) is 18.7 Å². The fourth-order valence-electron chi connectivity index (χ4n) is 5.15. The van der Waals surface area contributed by atoms with Crippen LogP contribution in [0.15, 0.2) is 47.0 Å². The number of carbonyl (C=O) groups excluding carboxylic acids is 1. The van der Waals surface area contributed by atoms with Crippen LogP contribution in [-0.4, -0.2) is 79.5 Å². The molecule has 1 N–H and O–H groups in total. The lowest BCUT2D eigenvalue weighted by Gasteiger charge is -2.30. The average molecular weight is 536 g/mol. The molecule has 3 heterocycles. The summed E-state index contributed by atoms with van der Waals surface area (Å²) in [6.45, 7) is 7.16. The van der Waals surface area contributed by atoms with Gasteiger partial charge in [0.05, 0.1) is 34.0 Å². The van der Waals surface area contributed by atoms with E-state index in [1.54, 1.807) is 14.2 Å². The molecule has 0 radical (unpaired) electrons. The standard InChI is InChI=1S/C29H37N5O5/c1-36-25-7-6-24(17-26(25)37-2)28-31-27(39-32-28)20-33-10-8-23(9-11-33)29(35)30-18-21-4-3-5-22(16-21)19-34-12-14-38-15-13-34/h3-7,16-17,23H,8-15,18-20H2,1-2H3,(H,30,35). The number of hydrogen-bond donors (Lipinski definition) is 1. The summed E-state index contributed by atoms with van der Waals surface area (Å²) in [6, 6.07) is 14.0. The molecule has 3 aromatic rings. The number of nitrogens with zero attached hydrogens (tertiary/aromatic N) is 4. The van der Waals surface area contributed by atoms with Crippen LogP contribution in [0.1, 0.15) is 29.9 Å². The lowest BCUT2D eigenvalue weighted by molar-refractivity contribution is -0.126. The van der Waals surface area contributed by atoms with Gasteiger partial charge in [0.1, 0.15) is 0 Å². The third kappa shape index (κ3) is 7.14. The zero-order valence-corrected chi connectivity index (χ0v) is 22.7. The van der Waals surface area contributed by atoms with E-state index in [-0.39, 0.29) is 11.8 Å². The third-order valence-electron chi connectivity index (χ3n) is 7.40. The Morgan fingerprint density at radius 3 is 2.46 bits per heavy atom. The van der Waals surface area contributed by atoms with E-state index in [1.165, 1.54) is 5.56 Å². The number of amides is 1. The number of methoxy groups -OCH3 is 2. The summed E-state index contributed by atoms with van der Waals surface area (Å²) in [5.41, 5.74) is 3.20. The molecule has 2 aromatic carbocycles. The summed E-state index contributed by atoms with van der Waals surface area (Å²) in [7, 11) is 3.20. The minimum atomic E-state index is 0.0165. The van der Waals surface area contributed by atoms with E-state index in [0.717, 1.165) is 69.9 Å². The van der Waals surface area contributed by atoms with E-state index in [0.29, 0.717) is 36.3 Å². The lowest BCUT2D eigenvalue weighted by atomic mass is 9.96. The first kappa shape index (κ1) is 27.1. The number of nitrogens with one attached hydrogen (secondary N) is 1. The molecule has 208 valence electrons. The zero-order chi connectivity index (χ0) is 27.0. The summed E-state index contributed by atoms with van der Waals surface area (Å²) in [6.07, 6.45) is 1.61. The molecule has 0 spiro atoms. The molecule has 1 amide bonds. The Balaban J connectivity index is 1.07. The van der Waals surface area contributed by atoms with Crippen LogP contribution in [0.3, 0.4) is 0 Å². The van der Waals surface area contributed by atoms with Gasteiger partial charge in [-0.2, -0.15) is 4.98 Å². The van der Waals surface area contributed by atoms with Crippen molar-refractivity contribution in [2.45, 2.75) is 32.5 Å². The first-order valence-corrected chi connectivity index (χ1v) is 13.5. The normalized spacial score (nSPS) is 17.2. The third-order valence-corrected chi connectivity index (χ3v) is 7.40. The van der Waals surface area contributed by atoms with Crippen molar-refractivity contribution in [1.29, 1.82) is 0 Å². The highest BCUT2D eigenvalue weighted by atomic mass is 16.5. The number of rotatable bonds is 10. The van der Waals surface area contributed by atoms with Gasteiger partial charge in [0.2, 0.25) is 17.6 Å². The van der Waals surface area contributed by atoms with Crippen LogP contribution in [-0.2, 0) is 29.2 Å². The molecule has 2 fully saturated rings. The van der Waals surface area contributed by atoms with Crippen molar-refractivity contribution >= 4 is 5.91 Å². The summed E-state index contributed by atoms with van der Waals surface area (Å²) in [5, 5.41) is 7.29. The largest absolute Gasteiger partial charge is 0.493 e. The zero-order valence-electron chi connectivity index (χ0n) is 22.7. The van der Waals surface area contributed by atoms with Gasteiger partial charge in [-0.3, -0.25) is 14.6 Å². The van der Waals surface area contributed by atoms with Crippen molar-refractivity contribution in [2.24, 2.45) is 5.92 Å². The van der Waals surface area contributed by atoms with Gasteiger partial charge in [-0.05, 0) is 55.3 Å². The smallest absolute Gasteiger partial charge is 0.241 e. The minimum Gasteiger partial charge on any atom is -0.493 e. The monoisotopic (exact) mass is 535 g/mol. The van der Waals surface area contributed by atoms with Gasteiger partial charge in [-0.1, -0.05) is 29.4 Å². The van der Waals surface area contributed by atoms with Crippen LogP contribution < -0.4 is 14.8 Å². The van der Waals surface area contributed by atoms with Crippen molar-refractivity contribution in [2.75, 3.05) is 53.6 Å². The second kappa shape index (κ2) is 13.1. The molecule has 2 saturated heterocycles. The number of likely N-dealkylation sites (tertiary alicyclic amines) is 1. The first-order chi connectivity index (χ1) is 19.1. The Labute approximate surface area is 229 Å². The van der Waals surface area contributed by atoms with Crippen LogP contribution in [0.5, 0.6) is 11.5 Å². The molecule has 39 heavy (non-hydrogen) atoms. The van der Waals surface area contributed by atoms with E-state index in [9.17, 15) is 4.79 Å². The van der Waals surface area contributed by atoms with Crippen molar-refractivity contribution in [3.63, 3.8) is 0 Å². The van der Waals surface area contributed by atoms with E-state index < -0.39 is 0 Å². The van der Waals surface area contributed by atoms with Crippen LogP contribution in [0.2, 0.25) is 0 Å². The van der Waals surface area contributed by atoms with Crippen LogP contribution in [0, 0.1) is 5.92 Å². The van der Waals surface area contributed by atoms with Crippen molar-refractivity contribution in [3.05, 3.63) is 59.5 Å². The highest BCUT2D eigenvalue weighted by Crippen LogP contribution is 2.31. The molecule has 0 bridgehead atoms. The number of morpholine rings is 1. The van der Waals surface area contributed by atoms with Gasteiger partial charge in [0.15, 0.2) is 11.5 Å². The number of benzene rings is 2. The predicted octanol–water partition coefficient (Wildman–Crippen LogP) is 3.11. The molecular formula is C29H37N5O5. The molecule has 0 saturated carbocycles. The molecule has 1 aromatic heterocycles. The van der Waals surface area contributed by atoms with Gasteiger partial charge in [0, 0.05) is 37.7 Å². The maximum atomic E-state index is 12.9. The number of hydrogen-bond acceptors (Lipinski definition) is 9. The van der Waals surface area contributed by atoms with Crippen molar-refractivity contribution in [1.82, 2.24) is 25.3 Å². The summed E-state index contributed by atoms with van der Waals surface area (Å²) in [4.78, 5) is 22.1. The maximum Gasteiger partial charge on any atom is 0.241 e. The van der Waals surface area contributed by atoms with Gasteiger partial charge in [-0.25, -0.2) is 0 Å². The Morgan fingerprint density at radius 2 is 1.69 bits per heavy atom. The van der Waals surface area contributed by atoms with E-state index in [2.05, 4.69) is 49.5 Å². The van der Waals surface area contributed by atoms with Crippen LogP contribution in [0.25, 0.3) is 11.4 Å². The van der Waals surface area contributed by atoms with Gasteiger partial charge in [-0.15, -0.1) is 0 Å². The fourth-order valence-corrected chi connectivity index (χ4v) is 5.15. The number of carbonyl (C=O) groups is 1. The lowest BCUT2D eigenvalue weighted by Crippen LogP contribution is -2.40. The first-order valence-electron chi connectivity index (χ1n) is 13.5. The maximum absolute atomic E-state index is 12.9. The highest BCUT2D eigenvalue weighted by Gasteiger charge is 2.26. The van der Waals surface area contributed by atoms with Gasteiger partial charge in [0.25, 0.3) is 0 Å². The van der Waals surface area contributed by atoms with Crippen molar-refractivity contribution in [3.8, 4) is 22.9 Å². The van der Waals surface area contributed by atoms with Crippen LogP contribution >= 0.6 is 0 Å². The Morgan fingerprint density at radius 1 is 0.949 bits per heavy atom. The summed E-state index contributed by atoms with van der Waals surface area (Å²) in [5.74, 6) is 2.47. The Kier molecular flexibility index (Phi) is 9.08. The SMILES string of the molecule is COc1ccc(-c2noc(CN3CCC(C(=O)NCc4cccc(CN5CCOCC5)c4)CC3)n2)cc1OC. The second-order valence-corrected chi connectivity index (χ2v) is 10.1. The fraction of sp³-hybridized carbons (Fsp3) is 0.483. The Hall–Kier alpha value is -3.47. The van der Waals surface area contributed by atoms with E-state index >= 15 is 0 Å². The van der Waals surface area contributed by atoms with Gasteiger partial charge >= 0.3 is 0 Å². The Bertz CT molecular complexity index is 1230. The molecule has 0 atom stereocenters. The number of aromatic nitrogens is 2. The molecular weight excluding hydrogens is 498 g/mol. The quantitative estimate of drug-likeness (QED) is 0.420. The molecule has 2 aliphatic rings. The summed E-state index contributed by atoms with van der Waals surface area (Å²) < 4.78 is 21.6. The average Bonchev–Trinajstić information content (AvgIpc) is 3.45. The topological polar surface area (TPSA) is 102 Å². The second-order valence-electron chi connectivity index (χ2n) is 10.1.